The van der Waals surface area contributed by atoms with E-state index in [4.69, 9.17) is 23.7 Å². The Morgan fingerprint density at radius 1 is 0.492 bits per heavy atom. The fourth-order valence-corrected chi connectivity index (χ4v) is 6.59. The van der Waals surface area contributed by atoms with Crippen molar-refractivity contribution >= 4 is 18.0 Å². The van der Waals surface area contributed by atoms with Gasteiger partial charge in [-0.1, -0.05) is 168 Å². The highest BCUT2D eigenvalue weighted by Gasteiger charge is 2.19. The van der Waals surface area contributed by atoms with Crippen LogP contribution in [0.1, 0.15) is 221 Å². The molecule has 9 heteroatoms. The quantitative estimate of drug-likeness (QED) is 0.0212. The van der Waals surface area contributed by atoms with Crippen LogP contribution < -0.4 is 5.32 Å². The fraction of sp³-hybridized carbons (Fsp3) is 0.860. The minimum absolute atomic E-state index is 0.0118. The molecule has 9 nitrogen and oxygen atoms in total. The molecule has 1 N–H and O–H groups in total. The molecular weight excluding hydrogens is 743 g/mol. The number of ether oxygens (including phenoxy) is 5. The number of carbonyl (C=O) groups excluding carboxylic acids is 3. The maximum atomic E-state index is 12.9. The molecule has 0 aromatic rings. The zero-order valence-corrected chi connectivity index (χ0v) is 39.1. The van der Waals surface area contributed by atoms with Crippen molar-refractivity contribution in [2.75, 3.05) is 39.6 Å². The number of rotatable bonds is 44. The molecule has 0 aliphatic heterocycles. The second-order valence-corrected chi connectivity index (χ2v) is 16.7. The molecule has 0 bridgehead atoms. The average molecular weight is 836 g/mol. The molecule has 0 aliphatic carbocycles. The second-order valence-electron chi connectivity index (χ2n) is 16.7. The van der Waals surface area contributed by atoms with Crippen molar-refractivity contribution in [2.24, 2.45) is 11.8 Å². The summed E-state index contributed by atoms with van der Waals surface area (Å²) in [4.78, 5) is 38.1. The van der Waals surface area contributed by atoms with E-state index in [1.165, 1.54) is 77.0 Å². The van der Waals surface area contributed by atoms with Gasteiger partial charge in [0, 0.05) is 32.6 Å². The lowest BCUT2D eigenvalue weighted by Gasteiger charge is -2.20. The summed E-state index contributed by atoms with van der Waals surface area (Å²) in [5.41, 5.74) is 0. The molecule has 0 radical (unpaired) electrons. The van der Waals surface area contributed by atoms with Gasteiger partial charge in [0.2, 0.25) is 0 Å². The normalized spacial score (nSPS) is 12.7. The number of esters is 2. The van der Waals surface area contributed by atoms with E-state index in [1.807, 2.05) is 0 Å². The first-order chi connectivity index (χ1) is 28.9. The van der Waals surface area contributed by atoms with E-state index in [0.29, 0.717) is 38.5 Å². The number of unbranched alkanes of at least 4 members (excludes halogenated alkanes) is 19. The first kappa shape index (κ1) is 56.6. The van der Waals surface area contributed by atoms with Crippen molar-refractivity contribution in [3.05, 3.63) is 24.3 Å². The van der Waals surface area contributed by atoms with Gasteiger partial charge in [0.15, 0.2) is 6.29 Å². The minimum Gasteiger partial charge on any atom is -0.465 e. The van der Waals surface area contributed by atoms with Crippen LogP contribution in [0.15, 0.2) is 24.3 Å². The van der Waals surface area contributed by atoms with Crippen LogP contribution in [0.5, 0.6) is 0 Å². The number of carbonyl (C=O) groups is 3. The van der Waals surface area contributed by atoms with Crippen molar-refractivity contribution < 1.29 is 38.1 Å². The fourth-order valence-electron chi connectivity index (χ4n) is 6.59. The molecule has 2 atom stereocenters. The maximum absolute atomic E-state index is 12.9. The maximum Gasteiger partial charge on any atom is 0.407 e. The van der Waals surface area contributed by atoms with Crippen LogP contribution in [0.4, 0.5) is 4.79 Å². The molecule has 0 heterocycles. The minimum atomic E-state index is -0.519. The summed E-state index contributed by atoms with van der Waals surface area (Å²) in [6.45, 7) is 12.7. The van der Waals surface area contributed by atoms with E-state index in [9.17, 15) is 14.4 Å². The largest absolute Gasteiger partial charge is 0.465 e. The molecule has 2 unspecified atom stereocenters. The van der Waals surface area contributed by atoms with E-state index in [-0.39, 0.29) is 38.2 Å². The van der Waals surface area contributed by atoms with Gasteiger partial charge in [-0.2, -0.15) is 0 Å². The second kappa shape index (κ2) is 45.1. The van der Waals surface area contributed by atoms with Crippen molar-refractivity contribution in [1.29, 1.82) is 0 Å². The van der Waals surface area contributed by atoms with E-state index in [0.717, 1.165) is 89.9 Å². The Labute approximate surface area is 363 Å². The van der Waals surface area contributed by atoms with Crippen LogP contribution in [-0.2, 0) is 33.3 Å². The third-order valence-corrected chi connectivity index (χ3v) is 10.6. The summed E-state index contributed by atoms with van der Waals surface area (Å²) >= 11 is 0. The van der Waals surface area contributed by atoms with Gasteiger partial charge in [0.05, 0.1) is 12.3 Å². The summed E-state index contributed by atoms with van der Waals surface area (Å²) < 4.78 is 29.0. The number of nitrogens with one attached hydrogen (secondary N) is 1. The first-order valence-corrected chi connectivity index (χ1v) is 24.6. The van der Waals surface area contributed by atoms with Gasteiger partial charge < -0.3 is 29.0 Å². The highest BCUT2D eigenvalue weighted by Crippen LogP contribution is 2.14. The summed E-state index contributed by atoms with van der Waals surface area (Å²) in [5, 5.41) is 2.84. The van der Waals surface area contributed by atoms with Crippen molar-refractivity contribution in [3.8, 4) is 0 Å². The predicted octanol–water partition coefficient (Wildman–Crippen LogP) is 13.9. The van der Waals surface area contributed by atoms with Crippen LogP contribution in [0.25, 0.3) is 0 Å². The lowest BCUT2D eigenvalue weighted by atomic mass is 10.1. The highest BCUT2D eigenvalue weighted by molar-refractivity contribution is 5.70. The monoisotopic (exact) mass is 836 g/mol. The third kappa shape index (κ3) is 42.1. The van der Waals surface area contributed by atoms with Gasteiger partial charge in [0.25, 0.3) is 0 Å². The van der Waals surface area contributed by atoms with Gasteiger partial charge in [-0.05, 0) is 63.7 Å². The molecule has 346 valence electrons. The number of hydrogen-bond donors (Lipinski definition) is 1. The molecule has 0 aromatic carbocycles. The Kier molecular flexibility index (Phi) is 43.3. The van der Waals surface area contributed by atoms with Crippen molar-refractivity contribution in [1.82, 2.24) is 5.32 Å². The van der Waals surface area contributed by atoms with Gasteiger partial charge in [-0.3, -0.25) is 9.59 Å². The average Bonchev–Trinajstić information content (AvgIpc) is 3.23. The van der Waals surface area contributed by atoms with E-state index in [2.05, 4.69) is 64.2 Å². The smallest absolute Gasteiger partial charge is 0.407 e. The molecule has 1 amide bonds. The Bertz CT molecular complexity index is 983. The van der Waals surface area contributed by atoms with E-state index < -0.39 is 18.3 Å². The van der Waals surface area contributed by atoms with Gasteiger partial charge >= 0.3 is 18.0 Å². The molecule has 0 aromatic heterocycles. The van der Waals surface area contributed by atoms with Crippen LogP contribution in [0.3, 0.4) is 0 Å². The van der Waals surface area contributed by atoms with Gasteiger partial charge in [-0.15, -0.1) is 0 Å². The zero-order chi connectivity index (χ0) is 43.3. The molecule has 0 aliphatic rings. The molecular formula is C50H93NO8. The SMILES string of the molecule is CCCCC/C=C\C/C=C\CCCCCCCC(=O)OCC(COC(=O)CCC(OCCCCCCCC)OCCCCCCCC)COC(=O)NCC(C)CCCC. The van der Waals surface area contributed by atoms with Crippen LogP contribution in [0.2, 0.25) is 0 Å². The Hall–Kier alpha value is -2.39. The summed E-state index contributed by atoms with van der Waals surface area (Å²) in [6, 6.07) is 0. The van der Waals surface area contributed by atoms with Crippen LogP contribution >= 0.6 is 0 Å². The van der Waals surface area contributed by atoms with E-state index >= 15 is 0 Å². The standard InChI is InChI=1S/C50H93NO8/c1-6-10-14-17-20-21-22-23-24-25-26-27-28-29-32-36-47(52)57-42-46(44-59-50(54)51-41-45(5)35-13-9-4)43-58-48(53)37-38-49(55-39-33-30-18-15-11-7-2)56-40-34-31-19-16-12-8-3/h20-21,23-24,45-46,49H,6-19,22,25-44H2,1-5H3,(H,51,54)/b21-20-,24-23-. The molecule has 0 spiro atoms. The van der Waals surface area contributed by atoms with E-state index in [1.54, 1.807) is 0 Å². The lowest BCUT2D eigenvalue weighted by Crippen LogP contribution is -2.32. The Balaban J connectivity index is 4.82. The Morgan fingerprint density at radius 2 is 0.949 bits per heavy atom. The zero-order valence-electron chi connectivity index (χ0n) is 39.1. The topological polar surface area (TPSA) is 109 Å². The molecule has 0 fully saturated rings. The summed E-state index contributed by atoms with van der Waals surface area (Å²) in [5.74, 6) is -0.784. The summed E-state index contributed by atoms with van der Waals surface area (Å²) in [7, 11) is 0. The highest BCUT2D eigenvalue weighted by atomic mass is 16.7. The molecule has 59 heavy (non-hydrogen) atoms. The summed E-state index contributed by atoms with van der Waals surface area (Å²) in [6.07, 6.45) is 38.7. The molecule has 0 saturated heterocycles. The molecule has 0 saturated carbocycles. The number of amides is 1. The number of allylic oxidation sites excluding steroid dienone is 4. The lowest BCUT2D eigenvalue weighted by molar-refractivity contribution is -0.161. The number of hydrogen-bond acceptors (Lipinski definition) is 8. The van der Waals surface area contributed by atoms with Crippen LogP contribution in [0, 0.1) is 11.8 Å². The first-order valence-electron chi connectivity index (χ1n) is 24.6. The van der Waals surface area contributed by atoms with Crippen LogP contribution in [-0.4, -0.2) is 63.9 Å². The van der Waals surface area contributed by atoms with Gasteiger partial charge in [0.1, 0.15) is 19.8 Å². The third-order valence-electron chi connectivity index (χ3n) is 10.6. The van der Waals surface area contributed by atoms with Crippen molar-refractivity contribution in [2.45, 2.75) is 227 Å². The predicted molar refractivity (Wildman–Crippen MR) is 244 cm³/mol. The number of alkyl carbamates (subject to hydrolysis) is 1. The van der Waals surface area contributed by atoms with Gasteiger partial charge in [-0.25, -0.2) is 4.79 Å². The van der Waals surface area contributed by atoms with Crippen molar-refractivity contribution in [3.63, 3.8) is 0 Å². The Morgan fingerprint density at radius 3 is 1.53 bits per heavy atom. The molecule has 0 rings (SSSR count).